The molecule has 2 aromatic rings. The lowest BCUT2D eigenvalue weighted by molar-refractivity contribution is -0.116. The zero-order valence-corrected chi connectivity index (χ0v) is 13.6. The molecule has 0 bridgehead atoms. The summed E-state index contributed by atoms with van der Waals surface area (Å²) in [5.74, 6) is 0.0467. The maximum Gasteiger partial charge on any atom is 0.225 e. The van der Waals surface area contributed by atoms with Crippen molar-refractivity contribution in [1.82, 2.24) is 5.32 Å². The van der Waals surface area contributed by atoms with Crippen LogP contribution in [0.25, 0.3) is 0 Å². The van der Waals surface area contributed by atoms with Crippen LogP contribution < -0.4 is 10.6 Å². The van der Waals surface area contributed by atoms with E-state index in [9.17, 15) is 4.79 Å². The van der Waals surface area contributed by atoms with Crippen molar-refractivity contribution < 1.29 is 4.79 Å². The first kappa shape index (κ1) is 16.2. The Bertz CT molecular complexity index is 650. The van der Waals surface area contributed by atoms with Crippen LogP contribution in [-0.2, 0) is 11.3 Å². The molecule has 0 saturated carbocycles. The number of nitrogens with one attached hydrogen (secondary N) is 2. The topological polar surface area (TPSA) is 41.1 Å². The molecule has 2 aromatic carbocycles. The third kappa shape index (κ3) is 4.71. The highest BCUT2D eigenvalue weighted by molar-refractivity contribution is 5.91. The Labute approximate surface area is 132 Å². The van der Waals surface area contributed by atoms with Crippen LogP contribution in [-0.4, -0.2) is 12.5 Å². The molecule has 0 aliphatic rings. The van der Waals surface area contributed by atoms with Crippen LogP contribution in [0.3, 0.4) is 0 Å². The van der Waals surface area contributed by atoms with Gasteiger partial charge in [-0.2, -0.15) is 0 Å². The molecular formula is C19H24N2O. The fourth-order valence-corrected chi connectivity index (χ4v) is 2.36. The van der Waals surface area contributed by atoms with Crippen molar-refractivity contribution in [1.29, 1.82) is 0 Å². The van der Waals surface area contributed by atoms with Crippen molar-refractivity contribution in [3.63, 3.8) is 0 Å². The molecule has 22 heavy (non-hydrogen) atoms. The minimum atomic E-state index is 0.0467. The lowest BCUT2D eigenvalue weighted by Gasteiger charge is -2.10. The van der Waals surface area contributed by atoms with Gasteiger partial charge in [-0.05, 0) is 43.5 Å². The number of rotatable bonds is 6. The molecule has 0 heterocycles. The fourth-order valence-electron chi connectivity index (χ4n) is 2.36. The van der Waals surface area contributed by atoms with Crippen LogP contribution in [0.1, 0.15) is 28.7 Å². The number of anilines is 1. The Balaban J connectivity index is 1.75. The summed E-state index contributed by atoms with van der Waals surface area (Å²) >= 11 is 0. The smallest absolute Gasteiger partial charge is 0.225 e. The van der Waals surface area contributed by atoms with Crippen LogP contribution >= 0.6 is 0 Å². The van der Waals surface area contributed by atoms with Crippen LogP contribution in [0.4, 0.5) is 5.69 Å². The predicted molar refractivity (Wildman–Crippen MR) is 92.0 cm³/mol. The average molecular weight is 296 g/mol. The lowest BCUT2D eigenvalue weighted by Crippen LogP contribution is -2.21. The molecule has 0 unspecified atom stereocenters. The summed E-state index contributed by atoms with van der Waals surface area (Å²) in [7, 11) is 0. The Kier molecular flexibility index (Phi) is 5.73. The van der Waals surface area contributed by atoms with Gasteiger partial charge in [0.25, 0.3) is 0 Å². The number of hydrogen-bond donors (Lipinski definition) is 2. The molecule has 2 N–H and O–H groups in total. The number of benzene rings is 2. The van der Waals surface area contributed by atoms with Crippen LogP contribution in [0.5, 0.6) is 0 Å². The van der Waals surface area contributed by atoms with Crippen LogP contribution in [0.2, 0.25) is 0 Å². The number of amides is 1. The molecular weight excluding hydrogens is 272 g/mol. The first-order chi connectivity index (χ1) is 10.6. The highest BCUT2D eigenvalue weighted by Gasteiger charge is 2.05. The molecule has 0 fully saturated rings. The molecule has 0 radical (unpaired) electrons. The van der Waals surface area contributed by atoms with Crippen molar-refractivity contribution in [2.75, 3.05) is 11.9 Å². The van der Waals surface area contributed by atoms with E-state index in [0.717, 1.165) is 17.8 Å². The molecule has 0 saturated heterocycles. The summed E-state index contributed by atoms with van der Waals surface area (Å²) in [4.78, 5) is 12.0. The zero-order valence-electron chi connectivity index (χ0n) is 13.6. The fraction of sp³-hybridized carbons (Fsp3) is 0.316. The van der Waals surface area contributed by atoms with Crippen LogP contribution in [0, 0.1) is 20.8 Å². The summed E-state index contributed by atoms with van der Waals surface area (Å²) in [5.41, 5.74) is 5.73. The van der Waals surface area contributed by atoms with E-state index in [4.69, 9.17) is 0 Å². The van der Waals surface area contributed by atoms with E-state index in [1.54, 1.807) is 0 Å². The van der Waals surface area contributed by atoms with E-state index in [0.29, 0.717) is 13.0 Å². The summed E-state index contributed by atoms with van der Waals surface area (Å²) in [6, 6.07) is 14.3. The molecule has 0 aliphatic heterocycles. The lowest BCUT2D eigenvalue weighted by atomic mass is 10.1. The normalized spacial score (nSPS) is 10.5. The van der Waals surface area contributed by atoms with Gasteiger partial charge in [-0.25, -0.2) is 0 Å². The van der Waals surface area contributed by atoms with Crippen molar-refractivity contribution in [3.8, 4) is 0 Å². The Hall–Kier alpha value is -2.13. The average Bonchev–Trinajstić information content (AvgIpc) is 2.49. The van der Waals surface area contributed by atoms with Gasteiger partial charge in [0.05, 0.1) is 0 Å². The summed E-state index contributed by atoms with van der Waals surface area (Å²) in [6.45, 7) is 7.62. The molecule has 0 atom stereocenters. The van der Waals surface area contributed by atoms with E-state index in [-0.39, 0.29) is 5.91 Å². The van der Waals surface area contributed by atoms with Gasteiger partial charge in [0.15, 0.2) is 0 Å². The van der Waals surface area contributed by atoms with Gasteiger partial charge >= 0.3 is 0 Å². The zero-order chi connectivity index (χ0) is 15.9. The van der Waals surface area contributed by atoms with E-state index in [2.05, 4.69) is 41.8 Å². The predicted octanol–water partition coefficient (Wildman–Crippen LogP) is 3.73. The van der Waals surface area contributed by atoms with Gasteiger partial charge in [0, 0.05) is 25.2 Å². The molecule has 2 rings (SSSR count). The maximum atomic E-state index is 12.0. The molecule has 0 aliphatic carbocycles. The Morgan fingerprint density at radius 3 is 2.59 bits per heavy atom. The summed E-state index contributed by atoms with van der Waals surface area (Å²) in [5, 5.41) is 6.29. The standard InChI is InChI=1S/C19H24N2O/c1-14-6-4-8-17(12-14)13-20-11-10-19(22)21-18-9-5-7-15(2)16(18)3/h4-9,12,20H,10-11,13H2,1-3H3,(H,21,22). The third-order valence-electron chi connectivity index (χ3n) is 3.82. The number of carbonyl (C=O) groups is 1. The minimum Gasteiger partial charge on any atom is -0.326 e. The van der Waals surface area contributed by atoms with Crippen molar-refractivity contribution in [2.24, 2.45) is 0 Å². The Morgan fingerprint density at radius 2 is 1.82 bits per heavy atom. The maximum absolute atomic E-state index is 12.0. The van der Waals surface area contributed by atoms with Crippen molar-refractivity contribution in [2.45, 2.75) is 33.7 Å². The number of carbonyl (C=O) groups excluding carboxylic acids is 1. The number of aryl methyl sites for hydroxylation is 2. The van der Waals surface area contributed by atoms with Gasteiger partial charge in [-0.3, -0.25) is 4.79 Å². The number of hydrogen-bond acceptors (Lipinski definition) is 2. The van der Waals surface area contributed by atoms with E-state index in [1.165, 1.54) is 16.7 Å². The molecule has 1 amide bonds. The van der Waals surface area contributed by atoms with Gasteiger partial charge < -0.3 is 10.6 Å². The minimum absolute atomic E-state index is 0.0467. The highest BCUT2D eigenvalue weighted by atomic mass is 16.1. The SMILES string of the molecule is Cc1cccc(CNCCC(=O)Nc2cccc(C)c2C)c1. The molecule has 0 aromatic heterocycles. The van der Waals surface area contributed by atoms with Gasteiger partial charge in [0.1, 0.15) is 0 Å². The highest BCUT2D eigenvalue weighted by Crippen LogP contribution is 2.17. The first-order valence-electron chi connectivity index (χ1n) is 7.68. The van der Waals surface area contributed by atoms with Crippen LogP contribution in [0.15, 0.2) is 42.5 Å². The Morgan fingerprint density at radius 1 is 1.05 bits per heavy atom. The van der Waals surface area contributed by atoms with E-state index < -0.39 is 0 Å². The van der Waals surface area contributed by atoms with Gasteiger partial charge in [-0.15, -0.1) is 0 Å². The second-order valence-electron chi connectivity index (χ2n) is 5.71. The first-order valence-corrected chi connectivity index (χ1v) is 7.68. The molecule has 3 nitrogen and oxygen atoms in total. The van der Waals surface area contributed by atoms with Crippen molar-refractivity contribution >= 4 is 11.6 Å². The largest absolute Gasteiger partial charge is 0.326 e. The molecule has 0 spiro atoms. The quantitative estimate of drug-likeness (QED) is 0.798. The second-order valence-corrected chi connectivity index (χ2v) is 5.71. The van der Waals surface area contributed by atoms with E-state index >= 15 is 0 Å². The second kappa shape index (κ2) is 7.76. The summed E-state index contributed by atoms with van der Waals surface area (Å²) < 4.78 is 0. The van der Waals surface area contributed by atoms with Gasteiger partial charge in [0.2, 0.25) is 5.91 Å². The van der Waals surface area contributed by atoms with E-state index in [1.807, 2.05) is 32.0 Å². The molecule has 3 heteroatoms. The van der Waals surface area contributed by atoms with Crippen molar-refractivity contribution in [3.05, 3.63) is 64.7 Å². The monoisotopic (exact) mass is 296 g/mol. The summed E-state index contributed by atoms with van der Waals surface area (Å²) in [6.07, 6.45) is 0.471. The third-order valence-corrected chi connectivity index (χ3v) is 3.82. The molecule has 116 valence electrons. The van der Waals surface area contributed by atoms with Gasteiger partial charge in [-0.1, -0.05) is 42.0 Å².